The van der Waals surface area contributed by atoms with Crippen molar-refractivity contribution in [2.24, 2.45) is 11.7 Å². The summed E-state index contributed by atoms with van der Waals surface area (Å²) < 4.78 is 0. The Bertz CT molecular complexity index is 254. The Morgan fingerprint density at radius 2 is 2.00 bits per heavy atom. The second kappa shape index (κ2) is 7.81. The average molecular weight is 229 g/mol. The third kappa shape index (κ3) is 6.13. The van der Waals surface area contributed by atoms with Gasteiger partial charge in [-0.1, -0.05) is 13.8 Å². The van der Waals surface area contributed by atoms with Crippen LogP contribution < -0.4 is 16.4 Å². The zero-order chi connectivity index (χ0) is 12.6. The first-order chi connectivity index (χ1) is 7.51. The molecule has 0 aromatic rings. The summed E-state index contributed by atoms with van der Waals surface area (Å²) in [4.78, 5) is 32.8. The van der Waals surface area contributed by atoms with E-state index < -0.39 is 6.04 Å². The van der Waals surface area contributed by atoms with Crippen molar-refractivity contribution in [3.8, 4) is 0 Å². The number of aldehydes is 1. The molecule has 1 unspecified atom stereocenters. The van der Waals surface area contributed by atoms with E-state index in [1.54, 1.807) is 0 Å². The minimum atomic E-state index is -0.629. The minimum Gasteiger partial charge on any atom is -0.348 e. The fourth-order valence-electron chi connectivity index (χ4n) is 1.22. The van der Waals surface area contributed by atoms with Crippen molar-refractivity contribution < 1.29 is 14.4 Å². The van der Waals surface area contributed by atoms with Gasteiger partial charge >= 0.3 is 0 Å². The largest absolute Gasteiger partial charge is 0.348 e. The van der Waals surface area contributed by atoms with Crippen LogP contribution in [0.3, 0.4) is 0 Å². The van der Waals surface area contributed by atoms with Gasteiger partial charge < -0.3 is 21.2 Å². The molecule has 4 N–H and O–H groups in total. The second-order valence-corrected chi connectivity index (χ2v) is 3.87. The number of carbonyl (C=O) groups is 3. The van der Waals surface area contributed by atoms with Crippen LogP contribution in [0.15, 0.2) is 0 Å². The normalized spacial score (nSPS) is 12.0. The Morgan fingerprint density at radius 1 is 1.38 bits per heavy atom. The summed E-state index contributed by atoms with van der Waals surface area (Å²) in [6.45, 7) is 3.67. The molecule has 0 spiro atoms. The first kappa shape index (κ1) is 14.6. The molecule has 6 nitrogen and oxygen atoms in total. The topological polar surface area (TPSA) is 101 Å². The molecule has 0 heterocycles. The minimum absolute atomic E-state index is 0.0497. The monoisotopic (exact) mass is 229 g/mol. The lowest BCUT2D eigenvalue weighted by Crippen LogP contribution is -2.49. The Kier molecular flexibility index (Phi) is 7.11. The molecule has 92 valence electrons. The van der Waals surface area contributed by atoms with Crippen LogP contribution in [-0.4, -0.2) is 37.2 Å². The summed E-state index contributed by atoms with van der Waals surface area (Å²) in [5.41, 5.74) is 5.15. The Hall–Kier alpha value is -1.43. The predicted octanol–water partition coefficient (Wildman–Crippen LogP) is -1.21. The summed E-state index contributed by atoms with van der Waals surface area (Å²) in [7, 11) is 0. The molecule has 0 aliphatic heterocycles. The Balaban J connectivity index is 4.33. The second-order valence-electron chi connectivity index (χ2n) is 3.87. The van der Waals surface area contributed by atoms with Crippen LogP contribution in [0.25, 0.3) is 0 Å². The molecule has 0 rings (SSSR count). The van der Waals surface area contributed by atoms with E-state index in [1.165, 1.54) is 0 Å². The van der Waals surface area contributed by atoms with Gasteiger partial charge in [-0.3, -0.25) is 9.59 Å². The number of hydrogen-bond donors (Lipinski definition) is 3. The lowest BCUT2D eigenvalue weighted by molar-refractivity contribution is -0.129. The maximum atomic E-state index is 11.6. The zero-order valence-electron chi connectivity index (χ0n) is 9.66. The van der Waals surface area contributed by atoms with Crippen LogP contribution in [0.1, 0.15) is 20.3 Å². The van der Waals surface area contributed by atoms with Gasteiger partial charge in [-0.25, -0.2) is 0 Å². The predicted molar refractivity (Wildman–Crippen MR) is 59.5 cm³/mol. The fourth-order valence-corrected chi connectivity index (χ4v) is 1.22. The van der Waals surface area contributed by atoms with Crippen molar-refractivity contribution >= 4 is 18.1 Å². The summed E-state index contributed by atoms with van der Waals surface area (Å²) in [6, 6.07) is -0.629. The first-order valence-electron chi connectivity index (χ1n) is 5.22. The van der Waals surface area contributed by atoms with E-state index in [0.717, 1.165) is 0 Å². The summed E-state index contributed by atoms with van der Waals surface area (Å²) in [5.74, 6) is -0.487. The highest BCUT2D eigenvalue weighted by Gasteiger charge is 2.20. The number of rotatable bonds is 7. The van der Waals surface area contributed by atoms with Gasteiger partial charge in [0.2, 0.25) is 11.8 Å². The summed E-state index contributed by atoms with van der Waals surface area (Å²) in [5, 5.41) is 4.92. The molecule has 0 fully saturated rings. The molecule has 0 aliphatic carbocycles. The van der Waals surface area contributed by atoms with Crippen LogP contribution in [0, 0.1) is 5.92 Å². The smallest absolute Gasteiger partial charge is 0.242 e. The summed E-state index contributed by atoms with van der Waals surface area (Å²) in [6.07, 6.45) is 1.10. The third-order valence-electron chi connectivity index (χ3n) is 1.90. The highest BCUT2D eigenvalue weighted by Crippen LogP contribution is 2.04. The average Bonchev–Trinajstić information content (AvgIpc) is 2.24. The molecule has 2 amide bonds. The van der Waals surface area contributed by atoms with Gasteiger partial charge in [-0.05, 0) is 12.3 Å². The van der Waals surface area contributed by atoms with E-state index >= 15 is 0 Å². The van der Waals surface area contributed by atoms with Gasteiger partial charge in [0.1, 0.15) is 12.3 Å². The van der Waals surface area contributed by atoms with Crippen molar-refractivity contribution in [3.63, 3.8) is 0 Å². The van der Waals surface area contributed by atoms with Crippen LogP contribution >= 0.6 is 0 Å². The van der Waals surface area contributed by atoms with Gasteiger partial charge in [0.05, 0.1) is 13.1 Å². The van der Waals surface area contributed by atoms with Crippen molar-refractivity contribution in [2.45, 2.75) is 26.3 Å². The van der Waals surface area contributed by atoms with Crippen molar-refractivity contribution in [1.82, 2.24) is 10.6 Å². The van der Waals surface area contributed by atoms with E-state index in [2.05, 4.69) is 10.6 Å². The van der Waals surface area contributed by atoms with E-state index in [4.69, 9.17) is 5.73 Å². The van der Waals surface area contributed by atoms with E-state index in [1.807, 2.05) is 13.8 Å². The van der Waals surface area contributed by atoms with Crippen molar-refractivity contribution in [3.05, 3.63) is 0 Å². The van der Waals surface area contributed by atoms with Crippen LogP contribution in [-0.2, 0) is 14.4 Å². The molecule has 6 heteroatoms. The third-order valence-corrected chi connectivity index (χ3v) is 1.90. The van der Waals surface area contributed by atoms with Gasteiger partial charge in [0.15, 0.2) is 0 Å². The van der Waals surface area contributed by atoms with Crippen molar-refractivity contribution in [2.75, 3.05) is 13.1 Å². The van der Waals surface area contributed by atoms with Crippen molar-refractivity contribution in [1.29, 1.82) is 0 Å². The molecule has 0 radical (unpaired) electrons. The maximum Gasteiger partial charge on any atom is 0.242 e. The molecule has 0 aromatic carbocycles. The molecule has 0 saturated carbocycles. The van der Waals surface area contributed by atoms with E-state index in [-0.39, 0.29) is 30.8 Å². The number of nitrogens with two attached hydrogens (primary N) is 1. The van der Waals surface area contributed by atoms with Gasteiger partial charge in [-0.2, -0.15) is 0 Å². The molecular weight excluding hydrogens is 210 g/mol. The molecular formula is C10H19N3O3. The van der Waals surface area contributed by atoms with Crippen LogP contribution in [0.2, 0.25) is 0 Å². The summed E-state index contributed by atoms with van der Waals surface area (Å²) >= 11 is 0. The molecule has 16 heavy (non-hydrogen) atoms. The van der Waals surface area contributed by atoms with Gasteiger partial charge in [-0.15, -0.1) is 0 Å². The number of hydrogen-bond acceptors (Lipinski definition) is 4. The van der Waals surface area contributed by atoms with Gasteiger partial charge in [0, 0.05) is 0 Å². The quantitative estimate of drug-likeness (QED) is 0.477. The molecule has 1 atom stereocenters. The Labute approximate surface area is 94.9 Å². The van der Waals surface area contributed by atoms with Crippen LogP contribution in [0.5, 0.6) is 0 Å². The Morgan fingerprint density at radius 3 is 2.44 bits per heavy atom. The number of carbonyl (C=O) groups excluding carboxylic acids is 3. The molecule has 0 bridgehead atoms. The lowest BCUT2D eigenvalue weighted by atomic mass is 10.0. The lowest BCUT2D eigenvalue weighted by Gasteiger charge is -2.19. The first-order valence-corrected chi connectivity index (χ1v) is 5.22. The highest BCUT2D eigenvalue weighted by atomic mass is 16.2. The van der Waals surface area contributed by atoms with E-state index in [9.17, 15) is 14.4 Å². The number of nitrogens with one attached hydrogen (secondary N) is 2. The zero-order valence-corrected chi connectivity index (χ0v) is 9.66. The molecule has 0 saturated heterocycles. The molecule has 0 aliphatic rings. The van der Waals surface area contributed by atoms with Crippen LogP contribution in [0.4, 0.5) is 0 Å². The highest BCUT2D eigenvalue weighted by molar-refractivity contribution is 5.89. The maximum absolute atomic E-state index is 11.6. The van der Waals surface area contributed by atoms with E-state index in [0.29, 0.717) is 12.7 Å². The van der Waals surface area contributed by atoms with Gasteiger partial charge in [0.25, 0.3) is 0 Å². The molecule has 0 aromatic heterocycles. The standard InChI is InChI=1S/C10H19N3O3/c1-7(2)5-8(13-9(15)6-11)10(16)12-3-4-14/h4,7-8H,3,5-6,11H2,1-2H3,(H,12,16)(H,13,15). The SMILES string of the molecule is CC(C)CC(NC(=O)CN)C(=O)NCC=O. The fraction of sp³-hybridized carbons (Fsp3) is 0.700. The number of amides is 2.